The van der Waals surface area contributed by atoms with Crippen LogP contribution in [0.4, 0.5) is 5.69 Å². The fourth-order valence-electron chi connectivity index (χ4n) is 2.93. The second-order valence-corrected chi connectivity index (χ2v) is 6.42. The molecule has 1 atom stereocenters. The first-order chi connectivity index (χ1) is 13.1. The van der Waals surface area contributed by atoms with Crippen LogP contribution in [0.1, 0.15) is 39.1 Å². The number of rotatable bonds is 6. The first kappa shape index (κ1) is 18.9. The van der Waals surface area contributed by atoms with E-state index in [0.29, 0.717) is 29.2 Å². The fraction of sp³-hybridized carbons (Fsp3) is 0.333. The minimum Gasteiger partial charge on any atom is -0.490 e. The minimum absolute atomic E-state index is 0.0695. The lowest BCUT2D eigenvalue weighted by Crippen LogP contribution is -2.19. The second kappa shape index (κ2) is 8.68. The molecule has 1 amide bonds. The average Bonchev–Trinajstić information content (AvgIpc) is 3.21. The number of amides is 1. The van der Waals surface area contributed by atoms with Gasteiger partial charge in [-0.2, -0.15) is 0 Å². The van der Waals surface area contributed by atoms with Crippen LogP contribution < -0.4 is 10.1 Å². The zero-order valence-electron chi connectivity index (χ0n) is 15.5. The van der Waals surface area contributed by atoms with Gasteiger partial charge in [-0.15, -0.1) is 0 Å². The van der Waals surface area contributed by atoms with Crippen molar-refractivity contribution in [2.75, 3.05) is 25.6 Å². The summed E-state index contributed by atoms with van der Waals surface area (Å²) in [5.74, 6) is -0.249. The molecule has 6 nitrogen and oxygen atoms in total. The van der Waals surface area contributed by atoms with Crippen LogP contribution in [-0.4, -0.2) is 38.3 Å². The lowest BCUT2D eigenvalue weighted by Gasteiger charge is -2.15. The SMILES string of the molecule is COC(=O)c1ccc(C)c(NC(=O)c2ccccc2OC[C@@H]2CCCO2)c1. The smallest absolute Gasteiger partial charge is 0.337 e. The van der Waals surface area contributed by atoms with Crippen molar-refractivity contribution in [3.63, 3.8) is 0 Å². The number of hydrogen-bond donors (Lipinski definition) is 1. The number of anilines is 1. The van der Waals surface area contributed by atoms with Crippen LogP contribution in [0.3, 0.4) is 0 Å². The number of carbonyl (C=O) groups excluding carboxylic acids is 2. The third-order valence-corrected chi connectivity index (χ3v) is 4.49. The van der Waals surface area contributed by atoms with Crippen LogP contribution in [-0.2, 0) is 9.47 Å². The van der Waals surface area contributed by atoms with Gasteiger partial charge in [-0.3, -0.25) is 4.79 Å². The summed E-state index contributed by atoms with van der Waals surface area (Å²) in [5.41, 5.74) is 2.20. The van der Waals surface area contributed by atoms with Crippen molar-refractivity contribution in [2.24, 2.45) is 0 Å². The molecule has 0 spiro atoms. The number of aryl methyl sites for hydroxylation is 1. The largest absolute Gasteiger partial charge is 0.490 e. The second-order valence-electron chi connectivity index (χ2n) is 6.42. The molecule has 0 radical (unpaired) electrons. The van der Waals surface area contributed by atoms with Gasteiger partial charge in [0.1, 0.15) is 12.4 Å². The van der Waals surface area contributed by atoms with Gasteiger partial charge in [0.15, 0.2) is 0 Å². The number of methoxy groups -OCH3 is 1. The number of carbonyl (C=O) groups is 2. The summed E-state index contributed by atoms with van der Waals surface area (Å²) in [6.45, 7) is 3.03. The number of para-hydroxylation sites is 1. The summed E-state index contributed by atoms with van der Waals surface area (Å²) in [6, 6.07) is 12.1. The number of benzene rings is 2. The number of hydrogen-bond acceptors (Lipinski definition) is 5. The van der Waals surface area contributed by atoms with Gasteiger partial charge in [0, 0.05) is 12.3 Å². The van der Waals surface area contributed by atoms with E-state index in [1.807, 2.05) is 13.0 Å². The summed E-state index contributed by atoms with van der Waals surface area (Å²) in [5, 5.41) is 2.86. The van der Waals surface area contributed by atoms with Gasteiger partial charge in [-0.1, -0.05) is 18.2 Å². The maximum Gasteiger partial charge on any atom is 0.337 e. The molecule has 27 heavy (non-hydrogen) atoms. The Morgan fingerprint density at radius 2 is 2.04 bits per heavy atom. The third kappa shape index (κ3) is 4.65. The highest BCUT2D eigenvalue weighted by Gasteiger charge is 2.19. The van der Waals surface area contributed by atoms with Crippen LogP contribution in [0.25, 0.3) is 0 Å². The molecule has 0 unspecified atom stereocenters. The molecule has 2 aromatic carbocycles. The van der Waals surface area contributed by atoms with Crippen molar-refractivity contribution in [2.45, 2.75) is 25.9 Å². The van der Waals surface area contributed by atoms with E-state index in [1.54, 1.807) is 36.4 Å². The molecule has 1 aliphatic rings. The summed E-state index contributed by atoms with van der Waals surface area (Å²) in [6.07, 6.45) is 2.07. The van der Waals surface area contributed by atoms with E-state index in [-0.39, 0.29) is 12.0 Å². The average molecular weight is 369 g/mol. The highest BCUT2D eigenvalue weighted by atomic mass is 16.5. The van der Waals surface area contributed by atoms with E-state index in [9.17, 15) is 9.59 Å². The standard InChI is InChI=1S/C21H23NO5/c1-14-9-10-15(21(24)25-2)12-18(14)22-20(23)17-7-3-4-8-19(17)27-13-16-6-5-11-26-16/h3-4,7-10,12,16H,5-6,11,13H2,1-2H3,(H,22,23)/t16-/m0/s1. The molecule has 2 aromatic rings. The van der Waals surface area contributed by atoms with Crippen molar-refractivity contribution < 1.29 is 23.8 Å². The van der Waals surface area contributed by atoms with Gasteiger partial charge in [-0.25, -0.2) is 4.79 Å². The van der Waals surface area contributed by atoms with Crippen LogP contribution in [0.2, 0.25) is 0 Å². The van der Waals surface area contributed by atoms with Crippen LogP contribution in [0, 0.1) is 6.92 Å². The monoisotopic (exact) mass is 369 g/mol. The van der Waals surface area contributed by atoms with E-state index < -0.39 is 5.97 Å². The Morgan fingerprint density at radius 1 is 1.22 bits per heavy atom. The maximum absolute atomic E-state index is 12.8. The van der Waals surface area contributed by atoms with Crippen LogP contribution in [0.5, 0.6) is 5.75 Å². The van der Waals surface area contributed by atoms with Crippen molar-refractivity contribution >= 4 is 17.6 Å². The Kier molecular flexibility index (Phi) is 6.08. The summed E-state index contributed by atoms with van der Waals surface area (Å²) in [4.78, 5) is 24.5. The molecule has 3 rings (SSSR count). The summed E-state index contributed by atoms with van der Waals surface area (Å²) in [7, 11) is 1.32. The Labute approximate surface area is 158 Å². The van der Waals surface area contributed by atoms with Crippen molar-refractivity contribution in [3.8, 4) is 5.75 Å². The Balaban J connectivity index is 1.75. The molecule has 0 aliphatic carbocycles. The molecule has 6 heteroatoms. The van der Waals surface area contributed by atoms with Crippen molar-refractivity contribution in [1.29, 1.82) is 0 Å². The predicted molar refractivity (Wildman–Crippen MR) is 101 cm³/mol. The lowest BCUT2D eigenvalue weighted by atomic mass is 10.1. The van der Waals surface area contributed by atoms with Gasteiger partial charge in [0.2, 0.25) is 0 Å². The van der Waals surface area contributed by atoms with Gasteiger partial charge in [0.05, 0.1) is 24.3 Å². The summed E-state index contributed by atoms with van der Waals surface area (Å²) < 4.78 is 16.1. The van der Waals surface area contributed by atoms with E-state index in [4.69, 9.17) is 14.2 Å². The van der Waals surface area contributed by atoms with E-state index in [1.165, 1.54) is 7.11 Å². The van der Waals surface area contributed by atoms with Gasteiger partial charge in [0.25, 0.3) is 5.91 Å². The normalized spacial score (nSPS) is 16.0. The quantitative estimate of drug-likeness (QED) is 0.788. The Bertz CT molecular complexity index is 827. The number of nitrogens with one attached hydrogen (secondary N) is 1. The maximum atomic E-state index is 12.8. The molecule has 1 aliphatic heterocycles. The predicted octanol–water partition coefficient (Wildman–Crippen LogP) is 3.59. The van der Waals surface area contributed by atoms with E-state index in [0.717, 1.165) is 25.0 Å². The zero-order valence-corrected chi connectivity index (χ0v) is 15.5. The molecule has 1 N–H and O–H groups in total. The van der Waals surface area contributed by atoms with E-state index in [2.05, 4.69) is 5.32 Å². The molecule has 142 valence electrons. The first-order valence-corrected chi connectivity index (χ1v) is 8.92. The Morgan fingerprint density at radius 3 is 2.78 bits per heavy atom. The van der Waals surface area contributed by atoms with Crippen molar-refractivity contribution in [1.82, 2.24) is 0 Å². The molecular formula is C21H23NO5. The molecule has 1 fully saturated rings. The van der Waals surface area contributed by atoms with Crippen LogP contribution in [0.15, 0.2) is 42.5 Å². The van der Waals surface area contributed by atoms with Gasteiger partial charge < -0.3 is 19.5 Å². The van der Waals surface area contributed by atoms with Crippen LogP contribution >= 0.6 is 0 Å². The number of esters is 1. The molecule has 1 saturated heterocycles. The minimum atomic E-state index is -0.453. The third-order valence-electron chi connectivity index (χ3n) is 4.49. The first-order valence-electron chi connectivity index (χ1n) is 8.92. The molecule has 0 aromatic heterocycles. The zero-order chi connectivity index (χ0) is 19.2. The van der Waals surface area contributed by atoms with Gasteiger partial charge in [-0.05, 0) is 49.6 Å². The summed E-state index contributed by atoms with van der Waals surface area (Å²) >= 11 is 0. The molecule has 0 saturated carbocycles. The lowest BCUT2D eigenvalue weighted by molar-refractivity contribution is 0.0600. The molecular weight excluding hydrogens is 346 g/mol. The fourth-order valence-corrected chi connectivity index (χ4v) is 2.93. The number of ether oxygens (including phenoxy) is 3. The highest BCUT2D eigenvalue weighted by molar-refractivity contribution is 6.07. The Hall–Kier alpha value is -2.86. The van der Waals surface area contributed by atoms with Gasteiger partial charge >= 0.3 is 5.97 Å². The van der Waals surface area contributed by atoms with Crippen molar-refractivity contribution in [3.05, 3.63) is 59.2 Å². The highest BCUT2D eigenvalue weighted by Crippen LogP contribution is 2.23. The topological polar surface area (TPSA) is 73.9 Å². The molecule has 0 bridgehead atoms. The molecule has 1 heterocycles. The van der Waals surface area contributed by atoms with E-state index >= 15 is 0 Å².